The summed E-state index contributed by atoms with van der Waals surface area (Å²) in [5, 5.41) is 33.3. The number of nitro groups is 1. The highest BCUT2D eigenvalue weighted by molar-refractivity contribution is 6.34. The number of aliphatic hydroxyl groups is 1. The van der Waals surface area contributed by atoms with Gasteiger partial charge in [-0.25, -0.2) is 24.2 Å². The quantitative estimate of drug-likeness (QED) is 0.147. The van der Waals surface area contributed by atoms with Gasteiger partial charge in [0.05, 0.1) is 51.7 Å². The van der Waals surface area contributed by atoms with E-state index in [0.717, 1.165) is 40.0 Å². The minimum absolute atomic E-state index is 0.00277. The summed E-state index contributed by atoms with van der Waals surface area (Å²) in [6, 6.07) is 5.10. The molecule has 4 atom stereocenters. The van der Waals surface area contributed by atoms with Crippen molar-refractivity contribution in [3.8, 4) is 17.1 Å². The van der Waals surface area contributed by atoms with Crippen LogP contribution in [-0.2, 0) is 18.0 Å². The number of benzene rings is 1. The first-order valence-electron chi connectivity index (χ1n) is 18.1. The van der Waals surface area contributed by atoms with E-state index in [0.29, 0.717) is 13.1 Å². The Morgan fingerprint density at radius 1 is 0.966 bits per heavy atom. The minimum Gasteiger partial charge on any atom is -0.444 e. The number of pyridine rings is 1. The predicted octanol–water partition coefficient (Wildman–Crippen LogP) is 3.85. The fraction of sp³-hybridized carbons (Fsp3) is 0.417. The van der Waals surface area contributed by atoms with Gasteiger partial charge in [0.1, 0.15) is 11.8 Å². The van der Waals surface area contributed by atoms with Crippen molar-refractivity contribution in [2.24, 2.45) is 18.9 Å². The molecule has 3 aromatic heterocycles. The lowest BCUT2D eigenvalue weighted by molar-refractivity contribution is -0.385. The maximum atomic E-state index is 14.1. The first-order valence-corrected chi connectivity index (χ1v) is 18.5. The molecule has 59 heavy (non-hydrogen) atoms. The zero-order valence-electron chi connectivity index (χ0n) is 31.7. The maximum Gasteiger partial charge on any atom is 0.435 e. The summed E-state index contributed by atoms with van der Waals surface area (Å²) < 4.78 is 49.6. The minimum atomic E-state index is -4.93. The number of amides is 5. The van der Waals surface area contributed by atoms with E-state index in [9.17, 15) is 47.6 Å². The van der Waals surface area contributed by atoms with Crippen LogP contribution >= 0.6 is 11.6 Å². The number of nitrogens with one attached hydrogen (secondary N) is 3. The predicted molar refractivity (Wildman–Crippen MR) is 201 cm³/mol. The zero-order chi connectivity index (χ0) is 42.7. The van der Waals surface area contributed by atoms with E-state index in [4.69, 9.17) is 16.3 Å². The second-order valence-corrected chi connectivity index (χ2v) is 15.8. The van der Waals surface area contributed by atoms with Crippen molar-refractivity contribution in [3.63, 3.8) is 0 Å². The molecular weight excluding hydrogens is 807 g/mol. The first kappa shape index (κ1) is 40.9. The van der Waals surface area contributed by atoms with Crippen LogP contribution in [0.15, 0.2) is 48.9 Å². The Morgan fingerprint density at radius 2 is 1.68 bits per heavy atom. The van der Waals surface area contributed by atoms with Crippen molar-refractivity contribution < 1.29 is 47.1 Å². The van der Waals surface area contributed by atoms with Crippen LogP contribution in [-0.4, -0.2) is 118 Å². The molecule has 19 nitrogen and oxygen atoms in total. The van der Waals surface area contributed by atoms with Gasteiger partial charge in [0.2, 0.25) is 0 Å². The molecule has 4 aromatic rings. The Morgan fingerprint density at radius 3 is 2.29 bits per heavy atom. The number of urea groups is 1. The number of likely N-dealkylation sites (tertiary alicyclic amines) is 2. The molecule has 1 aromatic carbocycles. The second kappa shape index (κ2) is 15.1. The number of aliphatic hydroxyl groups excluding tert-OH is 1. The van der Waals surface area contributed by atoms with Crippen LogP contribution in [0.4, 0.5) is 34.1 Å². The Bertz CT molecular complexity index is 2330. The second-order valence-electron chi connectivity index (χ2n) is 15.4. The van der Waals surface area contributed by atoms with Gasteiger partial charge >= 0.3 is 18.3 Å². The van der Waals surface area contributed by atoms with E-state index in [1.165, 1.54) is 30.1 Å². The average Bonchev–Trinajstić information content (AvgIpc) is 3.71. The van der Waals surface area contributed by atoms with E-state index in [1.807, 2.05) is 0 Å². The van der Waals surface area contributed by atoms with E-state index in [2.05, 4.69) is 31.0 Å². The maximum absolute atomic E-state index is 14.1. The lowest BCUT2D eigenvalue weighted by Crippen LogP contribution is -2.50. The molecule has 0 bridgehead atoms. The number of imidazole rings is 1. The average molecular weight is 844 g/mol. The summed E-state index contributed by atoms with van der Waals surface area (Å²) in [6.45, 7) is 6.06. The molecule has 1 saturated carbocycles. The number of aromatic nitrogens is 5. The number of fused-ring (bicyclic) bond motifs is 1. The van der Waals surface area contributed by atoms with Crippen molar-refractivity contribution in [1.82, 2.24) is 44.7 Å². The van der Waals surface area contributed by atoms with E-state index in [-0.39, 0.29) is 76.3 Å². The molecule has 3 aliphatic rings. The molecular formula is C36H37ClF3N11O8. The number of alkyl halides is 3. The largest absolute Gasteiger partial charge is 0.444 e. The Kier molecular flexibility index (Phi) is 10.5. The molecule has 0 radical (unpaired) electrons. The SMILES string of the molecule is Cn1c(-c2cn(-c3ccc([N+](=O)[O-])cn3)nc2C(F)(F)F)cnc1C(=O)Nc1ccc(C(=O)NC2C3CN(C(=O)N[C@@H]4CN(C(=O)OC(C)(C)C)C[C@H]4O)CC32)c(Cl)c1. The van der Waals surface area contributed by atoms with Gasteiger partial charge in [0.25, 0.3) is 17.5 Å². The standard InChI is InChI=1S/C36H37ClF3N11O8/c1-35(2,3)59-34(56)49-15-24(26(52)16-49)44-33(55)48-12-20-21(13-48)28(20)45-31(53)19-7-5-17(9-23(19)37)43-32(54)30-42-11-25(47(30)4)22-14-50(46-29(22)36(38,39)40)27-8-6-18(10-41-27)51(57)58/h5-11,14,20-21,24,26,28,52H,12-13,15-16H2,1-4H3,(H,43,54)(H,44,55)(H,45,53)/t20?,21?,24-,26-,28?/m1/s1. The monoisotopic (exact) mass is 843 g/mol. The fourth-order valence-electron chi connectivity index (χ4n) is 7.13. The molecule has 1 aliphatic carbocycles. The highest BCUT2D eigenvalue weighted by atomic mass is 35.5. The molecule has 23 heteroatoms. The summed E-state index contributed by atoms with van der Waals surface area (Å²) in [7, 11) is 1.33. The summed E-state index contributed by atoms with van der Waals surface area (Å²) in [5.41, 5.74) is -2.64. The number of nitrogens with zero attached hydrogens (tertiary/aromatic N) is 8. The van der Waals surface area contributed by atoms with Crippen LogP contribution in [0.5, 0.6) is 0 Å². The number of ether oxygens (including phenoxy) is 1. The molecule has 5 amide bonds. The number of carbonyl (C=O) groups excluding carboxylic acids is 4. The number of anilines is 1. The van der Waals surface area contributed by atoms with Gasteiger partial charge < -0.3 is 40.2 Å². The number of rotatable bonds is 8. The van der Waals surface area contributed by atoms with Crippen molar-refractivity contribution in [1.29, 1.82) is 0 Å². The highest BCUT2D eigenvalue weighted by Gasteiger charge is 2.57. The topological polar surface area (TPSA) is 232 Å². The van der Waals surface area contributed by atoms with Gasteiger partial charge in [-0.2, -0.15) is 18.3 Å². The Balaban J connectivity index is 0.935. The third kappa shape index (κ3) is 8.49. The molecule has 312 valence electrons. The van der Waals surface area contributed by atoms with Gasteiger partial charge in [-0.05, 0) is 45.0 Å². The lowest BCUT2D eigenvalue weighted by atomic mass is 10.2. The van der Waals surface area contributed by atoms with Gasteiger partial charge in [0.15, 0.2) is 17.3 Å². The van der Waals surface area contributed by atoms with Crippen LogP contribution in [0.3, 0.4) is 0 Å². The Labute approximate surface area is 337 Å². The molecule has 2 aliphatic heterocycles. The Hall–Kier alpha value is -6.29. The van der Waals surface area contributed by atoms with Crippen molar-refractivity contribution in [2.75, 3.05) is 31.5 Å². The van der Waals surface area contributed by atoms with Gasteiger partial charge in [-0.15, -0.1) is 0 Å². The summed E-state index contributed by atoms with van der Waals surface area (Å²) in [4.78, 5) is 72.9. The summed E-state index contributed by atoms with van der Waals surface area (Å²) >= 11 is 6.45. The normalized spacial score (nSPS) is 21.2. The van der Waals surface area contributed by atoms with E-state index >= 15 is 0 Å². The third-order valence-electron chi connectivity index (χ3n) is 10.1. The van der Waals surface area contributed by atoms with Gasteiger partial charge in [-0.1, -0.05) is 11.6 Å². The molecule has 2 saturated heterocycles. The van der Waals surface area contributed by atoms with Crippen LogP contribution in [0.2, 0.25) is 5.02 Å². The number of β-amino-alcohol motifs (C(OH)–C–C–N with tert-alkyl or cyclic N) is 1. The van der Waals surface area contributed by atoms with Crippen molar-refractivity contribution >= 4 is 46.9 Å². The molecule has 3 fully saturated rings. The van der Waals surface area contributed by atoms with Crippen molar-refractivity contribution in [3.05, 3.63) is 81.1 Å². The number of halogens is 4. The third-order valence-corrected chi connectivity index (χ3v) is 10.4. The number of hydrogen-bond donors (Lipinski definition) is 4. The van der Waals surface area contributed by atoms with Gasteiger partial charge in [0, 0.05) is 62.5 Å². The van der Waals surface area contributed by atoms with Gasteiger partial charge in [-0.3, -0.25) is 19.7 Å². The zero-order valence-corrected chi connectivity index (χ0v) is 32.5. The molecule has 2 unspecified atom stereocenters. The lowest BCUT2D eigenvalue weighted by Gasteiger charge is -2.25. The molecule has 7 rings (SSSR count). The summed E-state index contributed by atoms with van der Waals surface area (Å²) in [6.07, 6.45) is -3.50. The van der Waals surface area contributed by atoms with Crippen molar-refractivity contribution in [2.45, 2.75) is 50.7 Å². The number of hydrogen-bond acceptors (Lipinski definition) is 11. The number of carbonyl (C=O) groups is 4. The number of piperidine rings is 1. The fourth-order valence-corrected chi connectivity index (χ4v) is 7.40. The molecule has 5 heterocycles. The van der Waals surface area contributed by atoms with Crippen LogP contribution in [0.1, 0.15) is 47.4 Å². The molecule has 0 spiro atoms. The summed E-state index contributed by atoms with van der Waals surface area (Å²) in [5.74, 6) is -1.66. The van der Waals surface area contributed by atoms with Crippen LogP contribution in [0, 0.1) is 22.0 Å². The van der Waals surface area contributed by atoms with Crippen LogP contribution < -0.4 is 16.0 Å². The highest BCUT2D eigenvalue weighted by Crippen LogP contribution is 2.46. The van der Waals surface area contributed by atoms with E-state index < -0.39 is 58.0 Å². The molecule has 4 N–H and O–H groups in total. The smallest absolute Gasteiger partial charge is 0.435 e. The first-order chi connectivity index (χ1) is 27.7. The van der Waals surface area contributed by atoms with E-state index in [1.54, 1.807) is 25.7 Å². The van der Waals surface area contributed by atoms with Crippen LogP contribution in [0.25, 0.3) is 17.1 Å².